The van der Waals surface area contributed by atoms with Crippen LogP contribution >= 0.6 is 0 Å². The maximum absolute atomic E-state index is 12.3. The van der Waals surface area contributed by atoms with Crippen molar-refractivity contribution in [2.75, 3.05) is 24.7 Å². The molecular weight excluding hydrogens is 676 g/mol. The Morgan fingerprint density at radius 1 is 0.860 bits per heavy atom. The summed E-state index contributed by atoms with van der Waals surface area (Å²) in [6, 6.07) is 0.0278. The molecule has 2 fully saturated rings. The van der Waals surface area contributed by atoms with Crippen molar-refractivity contribution in [2.45, 2.75) is 86.3 Å². The highest BCUT2D eigenvalue weighted by molar-refractivity contribution is 5.89. The molecular formula is C30H38N2O18. The van der Waals surface area contributed by atoms with Crippen molar-refractivity contribution < 1.29 is 89.5 Å². The number of ether oxygens (including phenoxy) is 4. The van der Waals surface area contributed by atoms with Gasteiger partial charge in [0.25, 0.3) is 0 Å². The zero-order valence-corrected chi connectivity index (χ0v) is 26.0. The molecule has 4 aliphatic heterocycles. The first-order valence-electron chi connectivity index (χ1n) is 15.4. The summed E-state index contributed by atoms with van der Waals surface area (Å²) in [6.45, 7) is -1.77. The third kappa shape index (κ3) is 7.35. The molecule has 0 radical (unpaired) electrons. The van der Waals surface area contributed by atoms with Crippen LogP contribution in [0, 0.1) is 0 Å². The predicted molar refractivity (Wildman–Crippen MR) is 161 cm³/mol. The SMILES string of the molecule is O=C(O)C1=C/C(=C/CN2c3cc(O[C@@H]4O[C@H](CO)[C@@H](O)[C@H](O)[C@H]4O[C@@H]4O[C@H](CO)[C@@H](O)[C@H](O)[C@H]4O)c(O)cc3C[C@H]2C(=O)O)C[C@H](C(=O)O)N1. The van der Waals surface area contributed by atoms with Crippen LogP contribution in [0.4, 0.5) is 5.69 Å². The Balaban J connectivity index is 1.44. The average Bonchev–Trinajstić information content (AvgIpc) is 3.43. The molecule has 12 N–H and O–H groups in total. The maximum atomic E-state index is 12.3. The first-order chi connectivity index (χ1) is 23.6. The number of anilines is 1. The summed E-state index contributed by atoms with van der Waals surface area (Å²) in [5.41, 5.74) is 0.523. The zero-order valence-electron chi connectivity index (χ0n) is 26.0. The van der Waals surface area contributed by atoms with Crippen LogP contribution < -0.4 is 15.0 Å². The number of carboxylic acid groups (broad SMARTS) is 3. The number of nitrogens with zero attached hydrogens (tertiary/aromatic N) is 1. The summed E-state index contributed by atoms with van der Waals surface area (Å²) in [4.78, 5) is 36.8. The number of rotatable bonds is 11. The van der Waals surface area contributed by atoms with Gasteiger partial charge in [0.1, 0.15) is 60.5 Å². The van der Waals surface area contributed by atoms with E-state index < -0.39 is 110 Å². The van der Waals surface area contributed by atoms with E-state index >= 15 is 0 Å². The molecule has 0 amide bonds. The summed E-state index contributed by atoms with van der Waals surface area (Å²) in [5.74, 6) is -4.82. The van der Waals surface area contributed by atoms with Gasteiger partial charge in [0.15, 0.2) is 23.9 Å². The van der Waals surface area contributed by atoms with Crippen LogP contribution in [0.3, 0.4) is 0 Å². The van der Waals surface area contributed by atoms with E-state index in [4.69, 9.17) is 18.9 Å². The Morgan fingerprint density at radius 2 is 1.50 bits per heavy atom. The van der Waals surface area contributed by atoms with Crippen molar-refractivity contribution in [3.05, 3.63) is 41.1 Å². The summed E-state index contributed by atoms with van der Waals surface area (Å²) < 4.78 is 22.5. The van der Waals surface area contributed by atoms with Gasteiger partial charge in [-0.25, -0.2) is 14.4 Å². The van der Waals surface area contributed by atoms with Gasteiger partial charge in [-0.1, -0.05) is 6.08 Å². The van der Waals surface area contributed by atoms with Gasteiger partial charge in [-0.2, -0.15) is 0 Å². The number of nitrogens with one attached hydrogen (secondary N) is 1. The van der Waals surface area contributed by atoms with Gasteiger partial charge in [0.05, 0.1) is 13.2 Å². The predicted octanol–water partition coefficient (Wildman–Crippen LogP) is -4.45. The van der Waals surface area contributed by atoms with E-state index in [-0.39, 0.29) is 36.5 Å². The highest BCUT2D eigenvalue weighted by atomic mass is 16.8. The second-order valence-corrected chi connectivity index (χ2v) is 12.2. The minimum absolute atomic E-state index is 0.0858. The standard InChI is InChI=1S/C30H38N2O18/c33-8-18-20(36)22(38)24(40)29(48-18)50-25-23(39)21(37)19(9-34)49-30(25)47-17-7-14-11(6-16(17)35)5-15(28(45)46)32(14)2-1-10-3-12(26(41)42)31-13(4-10)27(43)44/h1,3,6-7,13,15,18-25,29-31,33-40H,2,4-5,8-9H2,(H,41,42)(H,43,44)(H,45,46)/b10-1-/t13-,15+,18-,19-,20-,21-,22+,23+,24-,25-,29+,30-/m1/s1. The Hall–Kier alpha value is -4.09. The minimum Gasteiger partial charge on any atom is -0.504 e. The summed E-state index contributed by atoms with van der Waals surface area (Å²) in [5, 5.41) is 114. The summed E-state index contributed by atoms with van der Waals surface area (Å²) in [6.07, 6.45) is -14.9. The fourth-order valence-corrected chi connectivity index (χ4v) is 6.21. The van der Waals surface area contributed by atoms with Crippen molar-refractivity contribution in [3.63, 3.8) is 0 Å². The molecule has 50 heavy (non-hydrogen) atoms. The molecule has 4 aliphatic rings. The van der Waals surface area contributed by atoms with Gasteiger partial charge >= 0.3 is 17.9 Å². The molecule has 12 atom stereocenters. The molecule has 0 aromatic heterocycles. The number of aliphatic hydroxyl groups is 7. The molecule has 5 rings (SSSR count). The molecule has 4 heterocycles. The molecule has 0 bridgehead atoms. The number of carboxylic acids is 3. The van der Waals surface area contributed by atoms with Crippen LogP contribution in [0.1, 0.15) is 12.0 Å². The summed E-state index contributed by atoms with van der Waals surface area (Å²) >= 11 is 0. The van der Waals surface area contributed by atoms with Crippen molar-refractivity contribution >= 4 is 23.6 Å². The first-order valence-corrected chi connectivity index (χ1v) is 15.4. The lowest BCUT2D eigenvalue weighted by atomic mass is 9.97. The third-order valence-electron chi connectivity index (χ3n) is 8.93. The number of aromatic hydroxyl groups is 1. The number of aliphatic hydroxyl groups excluding tert-OH is 7. The van der Waals surface area contributed by atoms with Crippen LogP contribution in [0.5, 0.6) is 11.5 Å². The topological polar surface area (TPSA) is 326 Å². The lowest BCUT2D eigenvalue weighted by Gasteiger charge is -2.45. The third-order valence-corrected chi connectivity index (χ3v) is 8.93. The van der Waals surface area contributed by atoms with Gasteiger partial charge < -0.3 is 85.3 Å². The van der Waals surface area contributed by atoms with Crippen LogP contribution in [-0.2, 0) is 35.0 Å². The number of hydrogen-bond acceptors (Lipinski definition) is 17. The second kappa shape index (κ2) is 15.0. The van der Waals surface area contributed by atoms with Crippen molar-refractivity contribution in [1.29, 1.82) is 0 Å². The van der Waals surface area contributed by atoms with E-state index in [9.17, 15) is 70.6 Å². The van der Waals surface area contributed by atoms with Crippen molar-refractivity contribution in [2.24, 2.45) is 0 Å². The highest BCUT2D eigenvalue weighted by Crippen LogP contribution is 2.42. The molecule has 2 saturated heterocycles. The molecule has 1 aromatic rings. The number of allylic oxidation sites excluding steroid dienone is 1. The van der Waals surface area contributed by atoms with Gasteiger partial charge in [-0.15, -0.1) is 0 Å². The first kappa shape index (κ1) is 37.2. The van der Waals surface area contributed by atoms with Gasteiger partial charge in [0, 0.05) is 31.1 Å². The molecule has 0 saturated carbocycles. The lowest BCUT2D eigenvalue weighted by Crippen LogP contribution is -2.65. The van der Waals surface area contributed by atoms with Crippen molar-refractivity contribution in [1.82, 2.24) is 5.32 Å². The monoisotopic (exact) mass is 714 g/mol. The maximum Gasteiger partial charge on any atom is 0.351 e. The Bertz CT molecular complexity index is 1520. The second-order valence-electron chi connectivity index (χ2n) is 12.2. The van der Waals surface area contributed by atoms with Crippen LogP contribution in [0.15, 0.2) is 35.6 Å². The number of hydrogen-bond donors (Lipinski definition) is 12. The molecule has 1 aromatic carbocycles. The van der Waals surface area contributed by atoms with E-state index in [2.05, 4.69) is 5.32 Å². The summed E-state index contributed by atoms with van der Waals surface area (Å²) in [7, 11) is 0. The molecule has 20 heteroatoms. The van der Waals surface area contributed by atoms with Crippen LogP contribution in [0.2, 0.25) is 0 Å². The number of benzene rings is 1. The number of phenols is 1. The number of aliphatic carboxylic acids is 3. The van der Waals surface area contributed by atoms with Crippen LogP contribution in [-0.4, -0.2) is 167 Å². The Labute approximate surface area is 282 Å². The van der Waals surface area contributed by atoms with E-state index in [1.807, 2.05) is 0 Å². The smallest absolute Gasteiger partial charge is 0.351 e. The van der Waals surface area contributed by atoms with E-state index in [1.165, 1.54) is 29.2 Å². The van der Waals surface area contributed by atoms with Gasteiger partial charge in [-0.05, 0) is 23.3 Å². The minimum atomic E-state index is -1.93. The Morgan fingerprint density at radius 3 is 2.10 bits per heavy atom. The van der Waals surface area contributed by atoms with E-state index in [0.717, 1.165) is 0 Å². The average molecular weight is 715 g/mol. The van der Waals surface area contributed by atoms with Crippen LogP contribution in [0.25, 0.3) is 0 Å². The number of carbonyl (C=O) groups is 3. The fraction of sp³-hybridized carbons (Fsp3) is 0.567. The number of fused-ring (bicyclic) bond motifs is 1. The molecule has 276 valence electrons. The molecule has 0 unspecified atom stereocenters. The van der Waals surface area contributed by atoms with E-state index in [0.29, 0.717) is 11.1 Å². The Kier molecular flexibility index (Phi) is 11.2. The quantitative estimate of drug-likeness (QED) is 0.103. The highest BCUT2D eigenvalue weighted by Gasteiger charge is 2.51. The molecule has 0 aliphatic carbocycles. The number of phenolic OH excluding ortho intramolecular Hbond substituents is 1. The van der Waals surface area contributed by atoms with E-state index in [1.54, 1.807) is 0 Å². The zero-order chi connectivity index (χ0) is 36.6. The molecule has 0 spiro atoms. The van der Waals surface area contributed by atoms with Gasteiger partial charge in [0.2, 0.25) is 6.29 Å². The van der Waals surface area contributed by atoms with Crippen molar-refractivity contribution in [3.8, 4) is 11.5 Å². The fourth-order valence-electron chi connectivity index (χ4n) is 6.21. The van der Waals surface area contributed by atoms with Gasteiger partial charge in [-0.3, -0.25) is 0 Å². The molecule has 20 nitrogen and oxygen atoms in total. The largest absolute Gasteiger partial charge is 0.504 e. The lowest BCUT2D eigenvalue weighted by molar-refractivity contribution is -0.358. The normalized spacial score (nSPS) is 36.3.